The Labute approximate surface area is 175 Å². The number of methoxy groups -OCH3 is 1. The fraction of sp³-hybridized carbons (Fsp3) is 0.381. The van der Waals surface area contributed by atoms with Crippen LogP contribution in [0.2, 0.25) is 0 Å². The summed E-state index contributed by atoms with van der Waals surface area (Å²) in [6, 6.07) is 11.2. The largest absolute Gasteiger partial charge is 0.497 e. The summed E-state index contributed by atoms with van der Waals surface area (Å²) in [7, 11) is -1.85. The van der Waals surface area contributed by atoms with Gasteiger partial charge in [0.05, 0.1) is 22.2 Å². The third-order valence-electron chi connectivity index (χ3n) is 5.19. The molecule has 2 aromatic carbocycles. The number of rotatable bonds is 5. The Morgan fingerprint density at radius 1 is 1.10 bits per heavy atom. The van der Waals surface area contributed by atoms with Crippen molar-refractivity contribution < 1.29 is 17.9 Å². The highest BCUT2D eigenvalue weighted by Gasteiger charge is 2.31. The molecule has 0 unspecified atom stereocenters. The smallest absolute Gasteiger partial charge is 0.274 e. The first kappa shape index (κ1) is 20.1. The molecule has 6 nitrogen and oxygen atoms in total. The van der Waals surface area contributed by atoms with Crippen molar-refractivity contribution in [2.75, 3.05) is 20.2 Å². The molecule has 1 aromatic heterocycles. The number of thiazole rings is 1. The van der Waals surface area contributed by atoms with Gasteiger partial charge < -0.3 is 9.47 Å². The Bertz CT molecular complexity index is 1130. The fourth-order valence-electron chi connectivity index (χ4n) is 3.62. The van der Waals surface area contributed by atoms with Crippen molar-refractivity contribution in [3.8, 4) is 10.9 Å². The molecule has 154 valence electrons. The van der Waals surface area contributed by atoms with Crippen molar-refractivity contribution >= 4 is 31.6 Å². The maximum atomic E-state index is 13.0. The van der Waals surface area contributed by atoms with Gasteiger partial charge >= 0.3 is 0 Å². The SMILES string of the molecule is COc1ccc2sc(OC3CCN(S(=O)(=O)c4ccc(C)cc4C)CC3)nc2c1. The van der Waals surface area contributed by atoms with E-state index in [-0.39, 0.29) is 6.10 Å². The first-order valence-electron chi connectivity index (χ1n) is 9.55. The van der Waals surface area contributed by atoms with Crippen LogP contribution in [0, 0.1) is 13.8 Å². The van der Waals surface area contributed by atoms with Crippen LogP contribution in [0.1, 0.15) is 24.0 Å². The molecule has 0 saturated carbocycles. The highest BCUT2D eigenvalue weighted by atomic mass is 32.2. The van der Waals surface area contributed by atoms with Crippen LogP contribution in [0.4, 0.5) is 0 Å². The van der Waals surface area contributed by atoms with Gasteiger partial charge in [-0.05, 0) is 50.5 Å². The molecule has 4 rings (SSSR count). The number of aryl methyl sites for hydroxylation is 2. The molecule has 0 bridgehead atoms. The molecule has 0 amide bonds. The minimum atomic E-state index is -3.48. The molecule has 0 atom stereocenters. The summed E-state index contributed by atoms with van der Waals surface area (Å²) in [5, 5.41) is 0.615. The van der Waals surface area contributed by atoms with Gasteiger partial charge in [-0.3, -0.25) is 0 Å². The van der Waals surface area contributed by atoms with Gasteiger partial charge in [-0.25, -0.2) is 13.4 Å². The Kier molecular flexibility index (Phi) is 5.50. The average molecular weight is 433 g/mol. The number of hydrogen-bond donors (Lipinski definition) is 0. The molecular weight excluding hydrogens is 408 g/mol. The third-order valence-corrected chi connectivity index (χ3v) is 8.18. The van der Waals surface area contributed by atoms with E-state index in [4.69, 9.17) is 9.47 Å². The predicted octanol–water partition coefficient (Wildman–Crippen LogP) is 4.15. The van der Waals surface area contributed by atoms with Gasteiger partial charge in [-0.2, -0.15) is 4.31 Å². The lowest BCUT2D eigenvalue weighted by molar-refractivity contribution is 0.135. The Balaban J connectivity index is 1.43. The van der Waals surface area contributed by atoms with E-state index >= 15 is 0 Å². The molecule has 8 heteroatoms. The molecule has 1 fully saturated rings. The van der Waals surface area contributed by atoms with E-state index in [9.17, 15) is 8.42 Å². The van der Waals surface area contributed by atoms with Crippen molar-refractivity contribution in [2.24, 2.45) is 0 Å². The first-order valence-corrected chi connectivity index (χ1v) is 11.8. The summed E-state index contributed by atoms with van der Waals surface area (Å²) < 4.78 is 40.0. The van der Waals surface area contributed by atoms with Crippen LogP contribution in [-0.2, 0) is 10.0 Å². The Morgan fingerprint density at radius 3 is 2.55 bits per heavy atom. The second-order valence-corrected chi connectivity index (χ2v) is 10.2. The number of benzene rings is 2. The zero-order chi connectivity index (χ0) is 20.6. The second kappa shape index (κ2) is 7.93. The van der Waals surface area contributed by atoms with E-state index in [0.29, 0.717) is 36.0 Å². The lowest BCUT2D eigenvalue weighted by atomic mass is 10.1. The third kappa shape index (κ3) is 4.10. The minimum absolute atomic E-state index is 0.0389. The number of ether oxygens (including phenoxy) is 2. The normalized spacial score (nSPS) is 16.2. The van der Waals surface area contributed by atoms with Gasteiger partial charge in [0.1, 0.15) is 11.9 Å². The number of nitrogens with zero attached hydrogens (tertiary/aromatic N) is 2. The van der Waals surface area contributed by atoms with Crippen molar-refractivity contribution in [1.82, 2.24) is 9.29 Å². The maximum absolute atomic E-state index is 13.0. The molecule has 1 aliphatic heterocycles. The van der Waals surface area contributed by atoms with Crippen molar-refractivity contribution in [3.05, 3.63) is 47.5 Å². The van der Waals surface area contributed by atoms with Gasteiger partial charge in [-0.15, -0.1) is 0 Å². The number of sulfonamides is 1. The highest BCUT2D eigenvalue weighted by molar-refractivity contribution is 7.89. The molecule has 0 radical (unpaired) electrons. The fourth-order valence-corrected chi connectivity index (χ4v) is 6.16. The summed E-state index contributed by atoms with van der Waals surface area (Å²) >= 11 is 1.50. The van der Waals surface area contributed by atoms with Crippen LogP contribution >= 0.6 is 11.3 Å². The minimum Gasteiger partial charge on any atom is -0.497 e. The highest BCUT2D eigenvalue weighted by Crippen LogP contribution is 2.32. The van der Waals surface area contributed by atoms with Crippen LogP contribution < -0.4 is 9.47 Å². The van der Waals surface area contributed by atoms with Gasteiger partial charge in [0, 0.05) is 19.2 Å². The van der Waals surface area contributed by atoms with Crippen molar-refractivity contribution in [1.29, 1.82) is 0 Å². The molecule has 0 N–H and O–H groups in total. The van der Waals surface area contributed by atoms with E-state index in [1.807, 2.05) is 44.2 Å². The van der Waals surface area contributed by atoms with Gasteiger partial charge in [0.25, 0.3) is 5.19 Å². The van der Waals surface area contributed by atoms with E-state index in [0.717, 1.165) is 27.1 Å². The predicted molar refractivity (Wildman–Crippen MR) is 114 cm³/mol. The number of hydrogen-bond acceptors (Lipinski definition) is 6. The van der Waals surface area contributed by atoms with Gasteiger partial charge in [-0.1, -0.05) is 29.0 Å². The van der Waals surface area contributed by atoms with Crippen LogP contribution in [0.25, 0.3) is 10.2 Å². The van der Waals surface area contributed by atoms with Crippen LogP contribution in [0.5, 0.6) is 10.9 Å². The van der Waals surface area contributed by atoms with Gasteiger partial charge in [0.15, 0.2) is 0 Å². The second-order valence-electron chi connectivity index (χ2n) is 7.30. The number of piperidine rings is 1. The summed E-state index contributed by atoms with van der Waals surface area (Å²) in [6.07, 6.45) is 1.25. The summed E-state index contributed by atoms with van der Waals surface area (Å²) in [6.45, 7) is 4.69. The topological polar surface area (TPSA) is 68.7 Å². The Hall–Kier alpha value is -2.16. The quantitative estimate of drug-likeness (QED) is 0.606. The first-order chi connectivity index (χ1) is 13.9. The van der Waals surface area contributed by atoms with Crippen LogP contribution in [0.3, 0.4) is 0 Å². The number of aromatic nitrogens is 1. The molecule has 1 aliphatic rings. The summed E-state index contributed by atoms with van der Waals surface area (Å²) in [5.41, 5.74) is 2.69. The molecule has 1 saturated heterocycles. The monoisotopic (exact) mass is 432 g/mol. The summed E-state index contributed by atoms with van der Waals surface area (Å²) in [4.78, 5) is 4.93. The summed E-state index contributed by atoms with van der Waals surface area (Å²) in [5.74, 6) is 0.763. The van der Waals surface area contributed by atoms with E-state index in [1.165, 1.54) is 11.3 Å². The average Bonchev–Trinajstić information content (AvgIpc) is 3.09. The molecule has 3 aromatic rings. The van der Waals surface area contributed by atoms with E-state index < -0.39 is 10.0 Å². The zero-order valence-electron chi connectivity index (χ0n) is 16.7. The van der Waals surface area contributed by atoms with E-state index in [2.05, 4.69) is 4.98 Å². The molecule has 0 spiro atoms. The Morgan fingerprint density at radius 2 is 1.86 bits per heavy atom. The van der Waals surface area contributed by atoms with Crippen molar-refractivity contribution in [2.45, 2.75) is 37.7 Å². The molecule has 0 aliphatic carbocycles. The van der Waals surface area contributed by atoms with Crippen LogP contribution in [-0.4, -0.2) is 44.0 Å². The van der Waals surface area contributed by atoms with Crippen LogP contribution in [0.15, 0.2) is 41.3 Å². The number of fused-ring (bicyclic) bond motifs is 1. The van der Waals surface area contributed by atoms with Gasteiger partial charge in [0.2, 0.25) is 10.0 Å². The van der Waals surface area contributed by atoms with Crippen molar-refractivity contribution in [3.63, 3.8) is 0 Å². The standard InChI is InChI=1S/C21H24N2O4S2/c1-14-4-7-20(15(2)12-14)29(24,25)23-10-8-16(9-11-23)27-21-22-18-13-17(26-3)5-6-19(18)28-21/h4-7,12-13,16H,8-11H2,1-3H3. The molecule has 2 heterocycles. The molecule has 29 heavy (non-hydrogen) atoms. The lowest BCUT2D eigenvalue weighted by Gasteiger charge is -2.31. The maximum Gasteiger partial charge on any atom is 0.274 e. The lowest BCUT2D eigenvalue weighted by Crippen LogP contribution is -2.41. The zero-order valence-corrected chi connectivity index (χ0v) is 18.3. The van der Waals surface area contributed by atoms with E-state index in [1.54, 1.807) is 17.5 Å². The molecular formula is C21H24N2O4S2.